The van der Waals surface area contributed by atoms with Crippen LogP contribution in [0.2, 0.25) is 0 Å². The van der Waals surface area contributed by atoms with Gasteiger partial charge in [0.25, 0.3) is 10.0 Å². The smallest absolute Gasteiger partial charge is 0.264 e. The van der Waals surface area contributed by atoms with Crippen molar-refractivity contribution >= 4 is 21.6 Å². The summed E-state index contributed by atoms with van der Waals surface area (Å²) in [6.45, 7) is 7.92. The lowest BCUT2D eigenvalue weighted by atomic mass is 10.0. The molecule has 1 atom stereocenters. The lowest BCUT2D eigenvalue weighted by molar-refractivity contribution is -0.120. The van der Waals surface area contributed by atoms with Gasteiger partial charge in [-0.25, -0.2) is 8.42 Å². The number of rotatable bonds is 9. The minimum absolute atomic E-state index is 0.0880. The first-order valence-corrected chi connectivity index (χ1v) is 12.3. The average Bonchev–Trinajstić information content (AvgIpc) is 2.78. The molecule has 0 bridgehead atoms. The molecule has 3 rings (SSSR count). The van der Waals surface area contributed by atoms with Gasteiger partial charge in [0.1, 0.15) is 12.3 Å². The third kappa shape index (κ3) is 5.93. The summed E-state index contributed by atoms with van der Waals surface area (Å²) in [7, 11) is -3.98. The summed E-state index contributed by atoms with van der Waals surface area (Å²) in [5, 5.41) is 2.94. The van der Waals surface area contributed by atoms with Gasteiger partial charge in [-0.2, -0.15) is 0 Å². The van der Waals surface area contributed by atoms with E-state index in [1.807, 2.05) is 39.8 Å². The molecule has 0 radical (unpaired) electrons. The number of benzene rings is 3. The highest BCUT2D eigenvalue weighted by molar-refractivity contribution is 7.92. The first-order chi connectivity index (χ1) is 15.7. The van der Waals surface area contributed by atoms with Gasteiger partial charge in [-0.3, -0.25) is 9.10 Å². The fourth-order valence-corrected chi connectivity index (χ4v) is 5.14. The molecule has 0 unspecified atom stereocenters. The minimum atomic E-state index is -3.98. The zero-order chi connectivity index (χ0) is 24.0. The lowest BCUT2D eigenvalue weighted by Gasteiger charge is -2.25. The van der Waals surface area contributed by atoms with Crippen LogP contribution in [0, 0.1) is 13.8 Å². The molecule has 1 N–H and O–H groups in total. The van der Waals surface area contributed by atoms with Crippen LogP contribution in [0.25, 0.3) is 0 Å². The maximum absolute atomic E-state index is 13.5. The molecule has 0 heterocycles. The number of nitrogens with one attached hydrogen (secondary N) is 1. The molecule has 0 aromatic heterocycles. The second-order valence-corrected chi connectivity index (χ2v) is 9.76. The van der Waals surface area contributed by atoms with Crippen molar-refractivity contribution in [2.24, 2.45) is 0 Å². The van der Waals surface area contributed by atoms with Crippen LogP contribution in [0.1, 0.15) is 36.6 Å². The topological polar surface area (TPSA) is 75.7 Å². The molecular formula is C26H30N2O4S. The summed E-state index contributed by atoms with van der Waals surface area (Å²) in [5.41, 5.74) is 3.63. The second-order valence-electron chi connectivity index (χ2n) is 7.90. The molecule has 0 saturated heterocycles. The van der Waals surface area contributed by atoms with Crippen molar-refractivity contribution in [1.82, 2.24) is 5.32 Å². The summed E-state index contributed by atoms with van der Waals surface area (Å²) >= 11 is 0. The second kappa shape index (κ2) is 10.5. The number of nitrogens with zero attached hydrogens (tertiary/aromatic N) is 1. The van der Waals surface area contributed by atoms with E-state index in [2.05, 4.69) is 11.4 Å². The molecule has 0 saturated carbocycles. The molecule has 7 heteroatoms. The normalized spacial score (nSPS) is 12.1. The van der Waals surface area contributed by atoms with Gasteiger partial charge in [0.05, 0.1) is 23.2 Å². The van der Waals surface area contributed by atoms with Crippen molar-refractivity contribution in [3.63, 3.8) is 0 Å². The quantitative estimate of drug-likeness (QED) is 0.493. The van der Waals surface area contributed by atoms with Crippen molar-refractivity contribution in [3.05, 3.63) is 89.5 Å². The Morgan fingerprint density at radius 3 is 2.27 bits per heavy atom. The molecule has 3 aromatic carbocycles. The van der Waals surface area contributed by atoms with E-state index in [-0.39, 0.29) is 23.4 Å². The number of anilines is 1. The van der Waals surface area contributed by atoms with E-state index in [9.17, 15) is 13.2 Å². The van der Waals surface area contributed by atoms with Crippen LogP contribution >= 0.6 is 0 Å². The van der Waals surface area contributed by atoms with Crippen LogP contribution in [0.3, 0.4) is 0 Å². The van der Waals surface area contributed by atoms with Crippen LogP contribution in [0.4, 0.5) is 5.69 Å². The van der Waals surface area contributed by atoms with Gasteiger partial charge in [0.15, 0.2) is 0 Å². The van der Waals surface area contributed by atoms with Gasteiger partial charge >= 0.3 is 0 Å². The maximum atomic E-state index is 13.5. The Morgan fingerprint density at radius 2 is 1.67 bits per heavy atom. The fraction of sp³-hybridized carbons (Fsp3) is 0.269. The number of hydrogen-bond donors (Lipinski definition) is 1. The predicted molar refractivity (Wildman–Crippen MR) is 131 cm³/mol. The maximum Gasteiger partial charge on any atom is 0.264 e. The summed E-state index contributed by atoms with van der Waals surface area (Å²) in [4.78, 5) is 13.1. The number of amides is 1. The van der Waals surface area contributed by atoms with Crippen molar-refractivity contribution in [1.29, 1.82) is 0 Å². The third-order valence-corrected chi connectivity index (χ3v) is 7.11. The summed E-state index contributed by atoms with van der Waals surface area (Å²) in [5.74, 6) is 0.198. The highest BCUT2D eigenvalue weighted by Gasteiger charge is 2.28. The van der Waals surface area contributed by atoms with E-state index in [1.54, 1.807) is 42.5 Å². The van der Waals surface area contributed by atoms with Crippen molar-refractivity contribution in [3.8, 4) is 5.75 Å². The number of para-hydroxylation sites is 1. The largest absolute Gasteiger partial charge is 0.494 e. The number of sulfonamides is 1. The Kier molecular flexibility index (Phi) is 7.76. The number of hydrogen-bond acceptors (Lipinski definition) is 4. The van der Waals surface area contributed by atoms with Crippen molar-refractivity contribution in [2.75, 3.05) is 17.5 Å². The van der Waals surface area contributed by atoms with E-state index in [4.69, 9.17) is 4.74 Å². The third-order valence-electron chi connectivity index (χ3n) is 5.32. The highest BCUT2D eigenvalue weighted by Crippen LogP contribution is 2.25. The molecule has 0 aliphatic rings. The van der Waals surface area contributed by atoms with Crippen molar-refractivity contribution < 1.29 is 17.9 Å². The molecule has 33 heavy (non-hydrogen) atoms. The standard InChI is InChI=1S/C26H30N2O4S/c1-5-32-23-12-14-24(15-13-23)33(30,31)28(22-9-7-6-8-10-22)18-26(29)27-21(4)25-16-11-19(2)17-20(25)3/h6-17,21H,5,18H2,1-4H3,(H,27,29)/t21-/m1/s1. The van der Waals surface area contributed by atoms with Crippen LogP contribution in [0.15, 0.2) is 77.7 Å². The van der Waals surface area contributed by atoms with Gasteiger partial charge in [-0.1, -0.05) is 42.0 Å². The van der Waals surface area contributed by atoms with E-state index >= 15 is 0 Å². The van der Waals surface area contributed by atoms with E-state index in [1.165, 1.54) is 12.1 Å². The Labute approximate surface area is 196 Å². The van der Waals surface area contributed by atoms with Gasteiger partial charge in [-0.15, -0.1) is 0 Å². The number of carbonyl (C=O) groups is 1. The Hall–Kier alpha value is -3.32. The van der Waals surface area contributed by atoms with Crippen LogP contribution in [0.5, 0.6) is 5.75 Å². The van der Waals surface area contributed by atoms with Crippen LogP contribution < -0.4 is 14.4 Å². The van der Waals surface area contributed by atoms with Gasteiger partial charge in [0.2, 0.25) is 5.91 Å². The summed E-state index contributed by atoms with van der Waals surface area (Å²) < 4.78 is 33.5. The molecule has 3 aromatic rings. The Bertz CT molecular complexity index is 1190. The number of carbonyl (C=O) groups excluding carboxylic acids is 1. The summed E-state index contributed by atoms with van der Waals surface area (Å²) in [6.07, 6.45) is 0. The molecule has 6 nitrogen and oxygen atoms in total. The molecule has 174 valence electrons. The van der Waals surface area contributed by atoms with Gasteiger partial charge < -0.3 is 10.1 Å². The highest BCUT2D eigenvalue weighted by atomic mass is 32.2. The van der Waals surface area contributed by atoms with Gasteiger partial charge in [0, 0.05) is 0 Å². The average molecular weight is 467 g/mol. The zero-order valence-corrected chi connectivity index (χ0v) is 20.2. The van der Waals surface area contributed by atoms with E-state index in [0.29, 0.717) is 18.0 Å². The van der Waals surface area contributed by atoms with E-state index in [0.717, 1.165) is 21.0 Å². The SMILES string of the molecule is CCOc1ccc(S(=O)(=O)N(CC(=O)N[C@H](C)c2ccc(C)cc2C)c2ccccc2)cc1. The van der Waals surface area contributed by atoms with Crippen LogP contribution in [-0.4, -0.2) is 27.5 Å². The van der Waals surface area contributed by atoms with E-state index < -0.39 is 10.0 Å². The first kappa shape index (κ1) is 24.3. The van der Waals surface area contributed by atoms with Crippen LogP contribution in [-0.2, 0) is 14.8 Å². The fourth-order valence-electron chi connectivity index (χ4n) is 3.72. The molecule has 0 aliphatic carbocycles. The Balaban J connectivity index is 1.86. The first-order valence-electron chi connectivity index (χ1n) is 10.9. The van der Waals surface area contributed by atoms with Crippen molar-refractivity contribution in [2.45, 2.75) is 38.6 Å². The molecule has 0 aliphatic heterocycles. The molecule has 0 spiro atoms. The number of ether oxygens (including phenoxy) is 1. The summed E-state index contributed by atoms with van der Waals surface area (Å²) in [6, 6.07) is 20.6. The minimum Gasteiger partial charge on any atom is -0.494 e. The van der Waals surface area contributed by atoms with Gasteiger partial charge in [-0.05, 0) is 75.2 Å². The zero-order valence-electron chi connectivity index (χ0n) is 19.4. The lowest BCUT2D eigenvalue weighted by Crippen LogP contribution is -2.41. The monoisotopic (exact) mass is 466 g/mol. The molecule has 1 amide bonds. The predicted octanol–water partition coefficient (Wildman–Crippen LogP) is 4.77. The molecule has 0 fully saturated rings. The molecular weight excluding hydrogens is 436 g/mol. The Morgan fingerprint density at radius 1 is 1.00 bits per heavy atom. The number of aryl methyl sites for hydroxylation is 2.